The number of carbonyl (C=O) groups excluding carboxylic acids is 1. The molecule has 0 spiro atoms. The number of carbonyl (C=O) groups is 1. The molecule has 0 aliphatic carbocycles. The van der Waals surface area contributed by atoms with Crippen molar-refractivity contribution in [1.29, 1.82) is 0 Å². The van der Waals surface area contributed by atoms with Gasteiger partial charge in [-0.25, -0.2) is 4.98 Å². The zero-order valence-corrected chi connectivity index (χ0v) is 16.6. The SMILES string of the molecule is CCCn1c(SCCC(=O)Nc2cc(C)on2)nc2cc(Cl)ccc2c1=O. The number of aromatic nitrogens is 3. The van der Waals surface area contributed by atoms with Gasteiger partial charge >= 0.3 is 0 Å². The number of nitrogens with zero attached hydrogens (tertiary/aromatic N) is 3. The van der Waals surface area contributed by atoms with Crippen LogP contribution in [0.4, 0.5) is 5.82 Å². The predicted octanol–water partition coefficient (Wildman–Crippen LogP) is 3.88. The van der Waals surface area contributed by atoms with Crippen LogP contribution >= 0.6 is 23.4 Å². The van der Waals surface area contributed by atoms with Crippen molar-refractivity contribution in [1.82, 2.24) is 14.7 Å². The molecule has 0 atom stereocenters. The smallest absolute Gasteiger partial charge is 0.262 e. The molecule has 1 amide bonds. The second-order valence-corrected chi connectivity index (χ2v) is 7.48. The number of thioether (sulfide) groups is 1. The molecule has 3 rings (SSSR count). The van der Waals surface area contributed by atoms with E-state index in [0.29, 0.717) is 45.0 Å². The molecule has 27 heavy (non-hydrogen) atoms. The fourth-order valence-electron chi connectivity index (χ4n) is 2.57. The number of benzene rings is 1. The van der Waals surface area contributed by atoms with Gasteiger partial charge in [0, 0.05) is 29.8 Å². The Morgan fingerprint density at radius 2 is 2.19 bits per heavy atom. The molecule has 0 aliphatic rings. The van der Waals surface area contributed by atoms with Crippen LogP contribution in [-0.4, -0.2) is 26.4 Å². The molecule has 142 valence electrons. The Bertz CT molecular complexity index is 1030. The topological polar surface area (TPSA) is 90.0 Å². The van der Waals surface area contributed by atoms with E-state index >= 15 is 0 Å². The minimum absolute atomic E-state index is 0.0939. The summed E-state index contributed by atoms with van der Waals surface area (Å²) < 4.78 is 6.57. The van der Waals surface area contributed by atoms with E-state index in [9.17, 15) is 9.59 Å². The Labute approximate surface area is 165 Å². The van der Waals surface area contributed by atoms with Gasteiger partial charge < -0.3 is 9.84 Å². The molecule has 2 aromatic heterocycles. The molecular weight excluding hydrogens is 388 g/mol. The first kappa shape index (κ1) is 19.4. The number of hydrogen-bond acceptors (Lipinski definition) is 6. The lowest BCUT2D eigenvalue weighted by atomic mass is 10.2. The molecule has 9 heteroatoms. The average molecular weight is 407 g/mol. The van der Waals surface area contributed by atoms with Gasteiger partial charge in [0.2, 0.25) is 5.91 Å². The van der Waals surface area contributed by atoms with E-state index in [2.05, 4.69) is 15.5 Å². The molecule has 0 fully saturated rings. The van der Waals surface area contributed by atoms with E-state index in [-0.39, 0.29) is 17.9 Å². The number of rotatable bonds is 7. The minimum Gasteiger partial charge on any atom is -0.360 e. The first-order chi connectivity index (χ1) is 13.0. The van der Waals surface area contributed by atoms with Crippen LogP contribution in [0.25, 0.3) is 10.9 Å². The fraction of sp³-hybridized carbons (Fsp3) is 0.333. The van der Waals surface area contributed by atoms with Gasteiger partial charge in [0.1, 0.15) is 5.76 Å². The van der Waals surface area contributed by atoms with E-state index in [1.54, 1.807) is 35.8 Å². The van der Waals surface area contributed by atoms with Crippen LogP contribution in [0.15, 0.2) is 38.7 Å². The summed E-state index contributed by atoms with van der Waals surface area (Å²) in [4.78, 5) is 29.4. The number of aryl methyl sites for hydroxylation is 1. The highest BCUT2D eigenvalue weighted by molar-refractivity contribution is 7.99. The number of fused-ring (bicyclic) bond motifs is 1. The van der Waals surface area contributed by atoms with Gasteiger partial charge in [0.15, 0.2) is 11.0 Å². The molecule has 1 aromatic carbocycles. The lowest BCUT2D eigenvalue weighted by Crippen LogP contribution is -2.23. The number of hydrogen-bond donors (Lipinski definition) is 1. The summed E-state index contributed by atoms with van der Waals surface area (Å²) in [6.07, 6.45) is 1.06. The Balaban J connectivity index is 1.74. The monoisotopic (exact) mass is 406 g/mol. The zero-order valence-electron chi connectivity index (χ0n) is 15.0. The molecule has 7 nitrogen and oxygen atoms in total. The van der Waals surface area contributed by atoms with Crippen LogP contribution in [0.5, 0.6) is 0 Å². The fourth-order valence-corrected chi connectivity index (χ4v) is 3.70. The lowest BCUT2D eigenvalue weighted by Gasteiger charge is -2.12. The van der Waals surface area contributed by atoms with Gasteiger partial charge in [-0.15, -0.1) is 0 Å². The lowest BCUT2D eigenvalue weighted by molar-refractivity contribution is -0.115. The Kier molecular flexibility index (Phi) is 6.18. The van der Waals surface area contributed by atoms with Crippen LogP contribution in [-0.2, 0) is 11.3 Å². The van der Waals surface area contributed by atoms with Crippen molar-refractivity contribution in [3.05, 3.63) is 45.4 Å². The van der Waals surface area contributed by atoms with Gasteiger partial charge in [-0.05, 0) is 31.5 Å². The molecular formula is C18H19ClN4O3S. The summed E-state index contributed by atoms with van der Waals surface area (Å²) >= 11 is 7.40. The highest BCUT2D eigenvalue weighted by atomic mass is 35.5. The third kappa shape index (κ3) is 4.70. The second kappa shape index (κ2) is 8.58. The Morgan fingerprint density at radius 3 is 2.89 bits per heavy atom. The predicted molar refractivity (Wildman–Crippen MR) is 107 cm³/mol. The standard InChI is InChI=1S/C18H19ClN4O3S/c1-3-7-23-17(25)13-5-4-12(19)10-14(13)20-18(23)27-8-6-16(24)21-15-9-11(2)26-22-15/h4-5,9-10H,3,6-8H2,1-2H3,(H,21,22,24). The first-order valence-electron chi connectivity index (χ1n) is 8.54. The Hall–Kier alpha value is -2.32. The van der Waals surface area contributed by atoms with Crippen molar-refractivity contribution in [2.24, 2.45) is 0 Å². The maximum Gasteiger partial charge on any atom is 0.262 e. The van der Waals surface area contributed by atoms with Crippen molar-refractivity contribution in [2.75, 3.05) is 11.1 Å². The highest BCUT2D eigenvalue weighted by Gasteiger charge is 2.13. The van der Waals surface area contributed by atoms with Gasteiger partial charge in [0.05, 0.1) is 10.9 Å². The molecule has 3 aromatic rings. The maximum absolute atomic E-state index is 12.8. The molecule has 0 aliphatic heterocycles. The van der Waals surface area contributed by atoms with E-state index < -0.39 is 0 Å². The summed E-state index contributed by atoms with van der Waals surface area (Å²) in [7, 11) is 0. The van der Waals surface area contributed by atoms with E-state index in [4.69, 9.17) is 16.1 Å². The average Bonchev–Trinajstić information content (AvgIpc) is 3.02. The van der Waals surface area contributed by atoms with Crippen LogP contribution in [0, 0.1) is 6.92 Å². The normalized spacial score (nSPS) is 11.1. The number of anilines is 1. The van der Waals surface area contributed by atoms with Gasteiger partial charge in [-0.3, -0.25) is 14.2 Å². The van der Waals surface area contributed by atoms with Crippen molar-refractivity contribution in [3.63, 3.8) is 0 Å². The third-order valence-corrected chi connectivity index (χ3v) is 5.00. The molecule has 1 N–H and O–H groups in total. The van der Waals surface area contributed by atoms with Gasteiger partial charge in [-0.1, -0.05) is 35.4 Å². The zero-order chi connectivity index (χ0) is 19.4. The van der Waals surface area contributed by atoms with Crippen molar-refractivity contribution >= 4 is 46.0 Å². The van der Waals surface area contributed by atoms with Crippen LogP contribution in [0.3, 0.4) is 0 Å². The van der Waals surface area contributed by atoms with Crippen LogP contribution < -0.4 is 10.9 Å². The van der Waals surface area contributed by atoms with Gasteiger partial charge in [-0.2, -0.15) is 0 Å². The number of halogens is 1. The first-order valence-corrected chi connectivity index (χ1v) is 9.90. The third-order valence-electron chi connectivity index (χ3n) is 3.79. The maximum atomic E-state index is 12.8. The number of nitrogens with one attached hydrogen (secondary N) is 1. The molecule has 0 radical (unpaired) electrons. The summed E-state index contributed by atoms with van der Waals surface area (Å²) in [5.74, 6) is 1.32. The summed E-state index contributed by atoms with van der Waals surface area (Å²) in [6.45, 7) is 4.32. The van der Waals surface area contributed by atoms with E-state index in [0.717, 1.165) is 6.42 Å². The van der Waals surface area contributed by atoms with Gasteiger partial charge in [0.25, 0.3) is 5.56 Å². The van der Waals surface area contributed by atoms with Crippen molar-refractivity contribution < 1.29 is 9.32 Å². The summed E-state index contributed by atoms with van der Waals surface area (Å²) in [6, 6.07) is 6.71. The van der Waals surface area contributed by atoms with E-state index in [1.165, 1.54) is 11.8 Å². The minimum atomic E-state index is -0.177. The second-order valence-electron chi connectivity index (χ2n) is 5.98. The summed E-state index contributed by atoms with van der Waals surface area (Å²) in [5.41, 5.74) is 0.466. The molecule has 0 saturated carbocycles. The summed E-state index contributed by atoms with van der Waals surface area (Å²) in [5, 5.41) is 8.06. The number of amides is 1. The van der Waals surface area contributed by atoms with Crippen LogP contribution in [0.1, 0.15) is 25.5 Å². The molecule has 0 saturated heterocycles. The molecule has 2 heterocycles. The quantitative estimate of drug-likeness (QED) is 0.473. The van der Waals surface area contributed by atoms with Crippen LogP contribution in [0.2, 0.25) is 5.02 Å². The van der Waals surface area contributed by atoms with E-state index in [1.807, 2.05) is 6.92 Å². The van der Waals surface area contributed by atoms with Crippen molar-refractivity contribution in [2.45, 2.75) is 38.4 Å². The molecule has 0 bridgehead atoms. The van der Waals surface area contributed by atoms with Crippen molar-refractivity contribution in [3.8, 4) is 0 Å². The highest BCUT2D eigenvalue weighted by Crippen LogP contribution is 2.21. The Morgan fingerprint density at radius 1 is 1.37 bits per heavy atom. The molecule has 0 unspecified atom stereocenters. The largest absolute Gasteiger partial charge is 0.360 e.